The molecule has 5 heteroatoms. The van der Waals surface area contributed by atoms with E-state index in [0.717, 1.165) is 51.6 Å². The third-order valence-electron chi connectivity index (χ3n) is 9.35. The summed E-state index contributed by atoms with van der Waals surface area (Å²) in [6, 6.07) is 0. The SMILES string of the molecule is C=C1CC(O[Si](C)(C)C(C)(C)C)[C@H](/C=C/[C@@H](C)CCC#CC)[C@H]1C/C(Br)=C/CCCCO[Si](C)(C)C(C)(C)C. The van der Waals surface area contributed by atoms with Crippen LogP contribution in [-0.4, -0.2) is 29.3 Å². The molecule has 0 saturated heterocycles. The van der Waals surface area contributed by atoms with Crippen LogP contribution in [0.1, 0.15) is 100 Å². The minimum atomic E-state index is -1.88. The second-order valence-corrected chi connectivity index (χ2v) is 25.3. The Hall–Kier alpha value is -0.386. The average Bonchev–Trinajstić information content (AvgIpc) is 3.06. The van der Waals surface area contributed by atoms with Gasteiger partial charge in [0.25, 0.3) is 0 Å². The summed E-state index contributed by atoms with van der Waals surface area (Å²) >= 11 is 3.93. The molecular weight excluding hydrogens is 576 g/mol. The number of allylic oxidation sites excluding steroid dienone is 3. The van der Waals surface area contributed by atoms with Crippen LogP contribution in [0.2, 0.25) is 36.3 Å². The van der Waals surface area contributed by atoms with Gasteiger partial charge in [0.2, 0.25) is 0 Å². The highest BCUT2D eigenvalue weighted by molar-refractivity contribution is 9.11. The molecule has 1 rings (SSSR count). The van der Waals surface area contributed by atoms with Gasteiger partial charge in [-0.1, -0.05) is 94.8 Å². The Kier molecular flexibility index (Phi) is 14.8. The van der Waals surface area contributed by atoms with Gasteiger partial charge in [0.15, 0.2) is 16.6 Å². The van der Waals surface area contributed by atoms with Crippen molar-refractivity contribution in [3.63, 3.8) is 0 Å². The van der Waals surface area contributed by atoms with Crippen LogP contribution in [0, 0.1) is 29.6 Å². The van der Waals surface area contributed by atoms with Gasteiger partial charge in [-0.05, 0) is 98.0 Å². The van der Waals surface area contributed by atoms with Gasteiger partial charge in [-0.25, -0.2) is 0 Å². The van der Waals surface area contributed by atoms with E-state index in [4.69, 9.17) is 8.85 Å². The molecule has 1 saturated carbocycles. The van der Waals surface area contributed by atoms with Crippen molar-refractivity contribution in [2.75, 3.05) is 6.61 Å². The van der Waals surface area contributed by atoms with Gasteiger partial charge in [-0.15, -0.1) is 11.8 Å². The molecule has 0 aliphatic heterocycles. The predicted octanol–water partition coefficient (Wildman–Crippen LogP) is 11.4. The molecule has 0 aromatic heterocycles. The fraction of sp³-hybridized carbons (Fsp3) is 0.765. The van der Waals surface area contributed by atoms with Crippen molar-refractivity contribution in [1.82, 2.24) is 0 Å². The number of unbranched alkanes of at least 4 members (excludes halogenated alkanes) is 2. The van der Waals surface area contributed by atoms with Gasteiger partial charge in [-0.3, -0.25) is 0 Å². The summed E-state index contributed by atoms with van der Waals surface area (Å²) < 4.78 is 14.7. The molecule has 0 bridgehead atoms. The molecule has 0 amide bonds. The summed E-state index contributed by atoms with van der Waals surface area (Å²) in [5.74, 6) is 7.53. The molecule has 4 atom stereocenters. The van der Waals surface area contributed by atoms with Crippen LogP contribution in [0.5, 0.6) is 0 Å². The maximum Gasteiger partial charge on any atom is 0.192 e. The summed E-state index contributed by atoms with van der Waals surface area (Å²) in [5.41, 5.74) is 1.34. The zero-order chi connectivity index (χ0) is 30.1. The van der Waals surface area contributed by atoms with E-state index in [0.29, 0.717) is 17.8 Å². The van der Waals surface area contributed by atoms with Gasteiger partial charge >= 0.3 is 0 Å². The predicted molar refractivity (Wildman–Crippen MR) is 182 cm³/mol. The van der Waals surface area contributed by atoms with Gasteiger partial charge < -0.3 is 8.85 Å². The first-order chi connectivity index (χ1) is 17.8. The molecule has 0 spiro atoms. The molecule has 0 heterocycles. The Morgan fingerprint density at radius 1 is 1.08 bits per heavy atom. The molecule has 1 aliphatic carbocycles. The van der Waals surface area contributed by atoms with Crippen LogP contribution in [0.3, 0.4) is 0 Å². The van der Waals surface area contributed by atoms with Gasteiger partial charge in [0.1, 0.15) is 0 Å². The summed E-state index contributed by atoms with van der Waals surface area (Å²) in [6.45, 7) is 33.0. The lowest BCUT2D eigenvalue weighted by atomic mass is 9.88. The number of hydrogen-bond donors (Lipinski definition) is 0. The normalized spacial score (nSPS) is 22.3. The minimum absolute atomic E-state index is 0.196. The molecule has 224 valence electrons. The van der Waals surface area contributed by atoms with Crippen molar-refractivity contribution in [1.29, 1.82) is 0 Å². The molecule has 1 unspecified atom stereocenters. The highest BCUT2D eigenvalue weighted by Crippen LogP contribution is 2.47. The second kappa shape index (κ2) is 15.7. The summed E-state index contributed by atoms with van der Waals surface area (Å²) in [5, 5.41) is 0.472. The van der Waals surface area contributed by atoms with Crippen LogP contribution in [0.25, 0.3) is 0 Å². The third-order valence-corrected chi connectivity index (χ3v) is 19.0. The Labute approximate surface area is 254 Å². The first-order valence-electron chi connectivity index (χ1n) is 15.2. The molecule has 39 heavy (non-hydrogen) atoms. The highest BCUT2D eigenvalue weighted by Gasteiger charge is 2.45. The van der Waals surface area contributed by atoms with Gasteiger partial charge in [0, 0.05) is 18.9 Å². The van der Waals surface area contributed by atoms with Crippen molar-refractivity contribution in [2.45, 2.75) is 143 Å². The van der Waals surface area contributed by atoms with Crippen LogP contribution in [-0.2, 0) is 8.85 Å². The van der Waals surface area contributed by atoms with Crippen molar-refractivity contribution < 1.29 is 8.85 Å². The number of halogens is 1. The average molecular weight is 638 g/mol. The van der Waals surface area contributed by atoms with Crippen LogP contribution < -0.4 is 0 Å². The molecule has 0 radical (unpaired) electrons. The molecule has 1 aliphatic rings. The molecule has 0 aromatic carbocycles. The Balaban J connectivity index is 2.88. The molecule has 0 N–H and O–H groups in total. The zero-order valence-corrected chi connectivity index (χ0v) is 31.2. The monoisotopic (exact) mass is 636 g/mol. The smallest absolute Gasteiger partial charge is 0.192 e. The standard InChI is InChI=1S/C34H61BrO2Si2/c1-14-15-17-20-27(2)22-23-30-31(28(3)25-32(30)37-39(12,13)34(7,8)9)26-29(35)21-18-16-19-24-36-38(10,11)33(4,5)6/h21-23,27,30-32H,3,16-20,24-26H2,1-2,4-13H3/b23-22+,29-21-/t27-,30+,31-,32?/m0/s1. The molecule has 0 aromatic rings. The Morgan fingerprint density at radius 2 is 1.69 bits per heavy atom. The van der Waals surface area contributed by atoms with Gasteiger partial charge in [0.05, 0.1) is 6.10 Å². The maximum atomic E-state index is 7.02. The molecule has 1 fully saturated rings. The van der Waals surface area contributed by atoms with E-state index in [1.165, 1.54) is 10.1 Å². The van der Waals surface area contributed by atoms with E-state index in [-0.39, 0.29) is 16.2 Å². The summed E-state index contributed by atoms with van der Waals surface area (Å²) in [4.78, 5) is 0. The fourth-order valence-corrected chi connectivity index (χ4v) is 7.49. The number of rotatable bonds is 14. The second-order valence-electron chi connectivity index (χ2n) is 14.8. The zero-order valence-electron chi connectivity index (χ0n) is 27.6. The lowest BCUT2D eigenvalue weighted by molar-refractivity contribution is 0.149. The lowest BCUT2D eigenvalue weighted by Crippen LogP contribution is -2.45. The largest absolute Gasteiger partial charge is 0.417 e. The molecular formula is C34H61BrO2Si2. The van der Waals surface area contributed by atoms with E-state index in [9.17, 15) is 0 Å². The fourth-order valence-electron chi connectivity index (χ4n) is 4.47. The summed E-state index contributed by atoms with van der Waals surface area (Å²) in [6.07, 6.45) is 14.9. The van der Waals surface area contributed by atoms with E-state index >= 15 is 0 Å². The Bertz CT molecular complexity index is 893. The number of hydrogen-bond acceptors (Lipinski definition) is 2. The summed E-state index contributed by atoms with van der Waals surface area (Å²) in [7, 11) is -3.53. The Morgan fingerprint density at radius 3 is 2.26 bits per heavy atom. The first kappa shape index (κ1) is 36.6. The quantitative estimate of drug-likeness (QED) is 0.0816. The van der Waals surface area contributed by atoms with E-state index in [1.54, 1.807) is 0 Å². The lowest BCUT2D eigenvalue weighted by Gasteiger charge is -2.40. The van der Waals surface area contributed by atoms with Crippen LogP contribution in [0.4, 0.5) is 0 Å². The topological polar surface area (TPSA) is 18.5 Å². The van der Waals surface area contributed by atoms with Crippen molar-refractivity contribution in [3.05, 3.63) is 34.9 Å². The van der Waals surface area contributed by atoms with Crippen molar-refractivity contribution in [3.8, 4) is 11.8 Å². The van der Waals surface area contributed by atoms with E-state index in [1.807, 2.05) is 6.92 Å². The van der Waals surface area contributed by atoms with Crippen LogP contribution in [0.15, 0.2) is 34.9 Å². The maximum absolute atomic E-state index is 7.02. The molecule has 2 nitrogen and oxygen atoms in total. The highest BCUT2D eigenvalue weighted by atomic mass is 79.9. The first-order valence-corrected chi connectivity index (χ1v) is 21.8. The minimum Gasteiger partial charge on any atom is -0.417 e. The van der Waals surface area contributed by atoms with Gasteiger partial charge in [-0.2, -0.15) is 0 Å². The van der Waals surface area contributed by atoms with E-state index < -0.39 is 16.6 Å². The third kappa shape index (κ3) is 12.2. The van der Waals surface area contributed by atoms with Crippen molar-refractivity contribution >= 4 is 32.6 Å². The van der Waals surface area contributed by atoms with E-state index in [2.05, 4.69) is 127 Å². The van der Waals surface area contributed by atoms with Crippen LogP contribution >= 0.6 is 15.9 Å². The van der Waals surface area contributed by atoms with Crippen molar-refractivity contribution in [2.24, 2.45) is 17.8 Å².